The predicted molar refractivity (Wildman–Crippen MR) is 42.0 cm³/mol. The molecule has 0 atom stereocenters. The molecule has 1 N–H and O–H groups in total. The fourth-order valence-electron chi connectivity index (χ4n) is 0.783. The Kier molecular flexibility index (Phi) is 1.69. The Hall–Kier alpha value is -1.30. The molecule has 0 aliphatic carbocycles. The third-order valence-corrected chi connectivity index (χ3v) is 1.57. The number of hydrogen-bond acceptors (Lipinski definition) is 2. The lowest BCUT2D eigenvalue weighted by Crippen LogP contribution is -2.15. The van der Waals surface area contributed by atoms with Gasteiger partial charge in [-0.2, -0.15) is 5.26 Å². The zero-order chi connectivity index (χ0) is 8.48. The molecule has 0 saturated carbocycles. The van der Waals surface area contributed by atoms with E-state index in [0.29, 0.717) is 0 Å². The minimum atomic E-state index is -0.506. The fraction of sp³-hybridized carbons (Fsp3) is 0.500. The summed E-state index contributed by atoms with van der Waals surface area (Å²) in [5.74, 6) is 0.734. The van der Waals surface area contributed by atoms with E-state index in [-0.39, 0.29) is 0 Å². The summed E-state index contributed by atoms with van der Waals surface area (Å²) in [5, 5.41) is 8.75. The van der Waals surface area contributed by atoms with E-state index in [2.05, 4.69) is 16.0 Å². The van der Waals surface area contributed by atoms with Crippen LogP contribution in [-0.4, -0.2) is 9.97 Å². The summed E-state index contributed by atoms with van der Waals surface area (Å²) in [7, 11) is 0. The van der Waals surface area contributed by atoms with Crippen LogP contribution in [0.2, 0.25) is 0 Å². The molecule has 0 aromatic carbocycles. The van der Waals surface area contributed by atoms with Crippen LogP contribution in [0.25, 0.3) is 0 Å². The van der Waals surface area contributed by atoms with Crippen molar-refractivity contribution in [2.45, 2.75) is 26.2 Å². The number of H-pyrrole nitrogens is 1. The molecule has 3 heteroatoms. The summed E-state index contributed by atoms with van der Waals surface area (Å²) in [6.07, 6.45) is 1.73. The molecule has 58 valence electrons. The molecule has 0 radical (unpaired) electrons. The standard InChI is InChI=1S/C8H11N3/c1-6-4-10-7(11-6)8(2,3)5-9/h4H,1-3H3,(H,10,11). The maximum Gasteiger partial charge on any atom is 0.126 e. The minimum Gasteiger partial charge on any atom is -0.345 e. The molecule has 1 aromatic rings. The lowest BCUT2D eigenvalue weighted by molar-refractivity contribution is 0.638. The van der Waals surface area contributed by atoms with Gasteiger partial charge in [-0.05, 0) is 20.8 Å². The van der Waals surface area contributed by atoms with E-state index >= 15 is 0 Å². The topological polar surface area (TPSA) is 52.5 Å². The molecule has 3 nitrogen and oxygen atoms in total. The van der Waals surface area contributed by atoms with Crippen LogP contribution < -0.4 is 0 Å². The highest BCUT2D eigenvalue weighted by molar-refractivity contribution is 5.17. The van der Waals surface area contributed by atoms with Crippen LogP contribution in [0.4, 0.5) is 0 Å². The lowest BCUT2D eigenvalue weighted by atomic mass is 9.95. The van der Waals surface area contributed by atoms with Crippen molar-refractivity contribution >= 4 is 0 Å². The highest BCUT2D eigenvalue weighted by Crippen LogP contribution is 2.17. The monoisotopic (exact) mass is 149 g/mol. The van der Waals surface area contributed by atoms with Gasteiger partial charge in [0.2, 0.25) is 0 Å². The number of nitrogens with zero attached hydrogens (tertiary/aromatic N) is 2. The molecule has 0 unspecified atom stereocenters. The molecule has 0 aliphatic rings. The second kappa shape index (κ2) is 2.39. The zero-order valence-corrected chi connectivity index (χ0v) is 6.97. The smallest absolute Gasteiger partial charge is 0.126 e. The van der Waals surface area contributed by atoms with E-state index < -0.39 is 5.41 Å². The van der Waals surface area contributed by atoms with Gasteiger partial charge in [0.1, 0.15) is 11.2 Å². The van der Waals surface area contributed by atoms with Crippen LogP contribution in [0, 0.1) is 18.3 Å². The van der Waals surface area contributed by atoms with E-state index in [1.54, 1.807) is 6.20 Å². The van der Waals surface area contributed by atoms with Crippen LogP contribution in [0.5, 0.6) is 0 Å². The Balaban J connectivity index is 3.04. The van der Waals surface area contributed by atoms with Gasteiger partial charge < -0.3 is 4.98 Å². The molecular weight excluding hydrogens is 138 g/mol. The second-order valence-electron chi connectivity index (χ2n) is 3.15. The molecule has 0 amide bonds. The molecule has 0 bridgehead atoms. The first-order valence-electron chi connectivity index (χ1n) is 3.49. The molecular formula is C8H11N3. The lowest BCUT2D eigenvalue weighted by Gasteiger charge is -2.10. The summed E-state index contributed by atoms with van der Waals surface area (Å²) in [4.78, 5) is 7.11. The van der Waals surface area contributed by atoms with Gasteiger partial charge in [-0.15, -0.1) is 0 Å². The largest absolute Gasteiger partial charge is 0.345 e. The molecule has 1 heterocycles. The number of aryl methyl sites for hydroxylation is 1. The van der Waals surface area contributed by atoms with Gasteiger partial charge in [-0.3, -0.25) is 0 Å². The Morgan fingerprint density at radius 1 is 1.64 bits per heavy atom. The summed E-state index contributed by atoms with van der Waals surface area (Å²) in [6, 6.07) is 2.18. The van der Waals surface area contributed by atoms with E-state index in [4.69, 9.17) is 5.26 Å². The van der Waals surface area contributed by atoms with E-state index in [1.807, 2.05) is 20.8 Å². The average Bonchev–Trinajstić information content (AvgIpc) is 2.36. The number of nitrogens with one attached hydrogen (secondary N) is 1. The van der Waals surface area contributed by atoms with E-state index in [0.717, 1.165) is 11.5 Å². The first-order chi connectivity index (χ1) is 5.06. The first-order valence-corrected chi connectivity index (χ1v) is 3.49. The van der Waals surface area contributed by atoms with Gasteiger partial charge in [-0.25, -0.2) is 4.98 Å². The van der Waals surface area contributed by atoms with Crippen molar-refractivity contribution in [2.24, 2.45) is 0 Å². The SMILES string of the molecule is Cc1cnc(C(C)(C)C#N)[nH]1. The Morgan fingerprint density at radius 3 is 2.64 bits per heavy atom. The Labute approximate surface area is 66.1 Å². The fourth-order valence-corrected chi connectivity index (χ4v) is 0.783. The van der Waals surface area contributed by atoms with Crippen LogP contribution in [0.3, 0.4) is 0 Å². The molecule has 0 saturated heterocycles. The average molecular weight is 149 g/mol. The van der Waals surface area contributed by atoms with Crippen molar-refractivity contribution < 1.29 is 0 Å². The Morgan fingerprint density at radius 2 is 2.27 bits per heavy atom. The molecule has 0 spiro atoms. The van der Waals surface area contributed by atoms with Gasteiger partial charge in [-0.1, -0.05) is 0 Å². The number of nitriles is 1. The van der Waals surface area contributed by atoms with Gasteiger partial charge in [0.25, 0.3) is 0 Å². The zero-order valence-electron chi connectivity index (χ0n) is 6.97. The Bertz CT molecular complexity index is 291. The third-order valence-electron chi connectivity index (χ3n) is 1.57. The van der Waals surface area contributed by atoms with E-state index in [1.165, 1.54) is 0 Å². The van der Waals surface area contributed by atoms with Crippen LogP contribution in [-0.2, 0) is 5.41 Å². The maximum atomic E-state index is 8.75. The van der Waals surface area contributed by atoms with E-state index in [9.17, 15) is 0 Å². The van der Waals surface area contributed by atoms with Gasteiger partial charge in [0.05, 0.1) is 6.07 Å². The third kappa shape index (κ3) is 1.40. The number of rotatable bonds is 1. The number of hydrogen-bond donors (Lipinski definition) is 1. The van der Waals surface area contributed by atoms with Crippen LogP contribution in [0.15, 0.2) is 6.20 Å². The number of aromatic amines is 1. The van der Waals surface area contributed by atoms with Gasteiger partial charge >= 0.3 is 0 Å². The van der Waals surface area contributed by atoms with Crippen molar-refractivity contribution in [2.75, 3.05) is 0 Å². The maximum absolute atomic E-state index is 8.75. The minimum absolute atomic E-state index is 0.506. The predicted octanol–water partition coefficient (Wildman–Crippen LogP) is 1.52. The second-order valence-corrected chi connectivity index (χ2v) is 3.15. The van der Waals surface area contributed by atoms with Gasteiger partial charge in [0.15, 0.2) is 0 Å². The molecule has 0 aliphatic heterocycles. The molecule has 1 rings (SSSR count). The quantitative estimate of drug-likeness (QED) is 0.658. The molecule has 0 fully saturated rings. The highest BCUT2D eigenvalue weighted by Gasteiger charge is 2.22. The van der Waals surface area contributed by atoms with Crippen molar-refractivity contribution in [1.82, 2.24) is 9.97 Å². The number of aromatic nitrogens is 2. The summed E-state index contributed by atoms with van der Waals surface area (Å²) < 4.78 is 0. The van der Waals surface area contributed by atoms with Crippen molar-refractivity contribution in [1.29, 1.82) is 5.26 Å². The van der Waals surface area contributed by atoms with Crippen LogP contribution >= 0.6 is 0 Å². The molecule has 11 heavy (non-hydrogen) atoms. The summed E-state index contributed by atoms with van der Waals surface area (Å²) >= 11 is 0. The highest BCUT2D eigenvalue weighted by atomic mass is 14.9. The summed E-state index contributed by atoms with van der Waals surface area (Å²) in [6.45, 7) is 5.60. The normalized spacial score (nSPS) is 11.1. The van der Waals surface area contributed by atoms with Crippen molar-refractivity contribution in [3.05, 3.63) is 17.7 Å². The van der Waals surface area contributed by atoms with Gasteiger partial charge in [0, 0.05) is 11.9 Å². The molecule has 1 aromatic heterocycles. The van der Waals surface area contributed by atoms with Crippen molar-refractivity contribution in [3.8, 4) is 6.07 Å². The van der Waals surface area contributed by atoms with Crippen LogP contribution in [0.1, 0.15) is 25.4 Å². The number of imidazole rings is 1. The summed E-state index contributed by atoms with van der Waals surface area (Å²) in [5.41, 5.74) is 0.483. The first kappa shape index (κ1) is 7.80. The van der Waals surface area contributed by atoms with Crippen molar-refractivity contribution in [3.63, 3.8) is 0 Å².